The zero-order chi connectivity index (χ0) is 20.1. The molecule has 0 bridgehead atoms. The summed E-state index contributed by atoms with van der Waals surface area (Å²) in [6, 6.07) is 16.6. The summed E-state index contributed by atoms with van der Waals surface area (Å²) >= 11 is 0. The third-order valence-corrected chi connectivity index (χ3v) is 7.10. The Bertz CT molecular complexity index is 853. The van der Waals surface area contributed by atoms with Gasteiger partial charge in [0.2, 0.25) is 10.0 Å². The van der Waals surface area contributed by atoms with Crippen molar-refractivity contribution in [1.29, 1.82) is 0 Å². The Morgan fingerprint density at radius 1 is 1.11 bits per heavy atom. The normalized spacial score (nSPS) is 22.1. The first-order chi connectivity index (χ1) is 13.4. The highest BCUT2D eigenvalue weighted by Crippen LogP contribution is 2.26. The van der Waals surface area contributed by atoms with Crippen molar-refractivity contribution in [1.82, 2.24) is 9.62 Å². The topological polar surface area (TPSA) is 69.6 Å². The summed E-state index contributed by atoms with van der Waals surface area (Å²) in [5.74, 6) is 0.251. The van der Waals surface area contributed by atoms with Crippen molar-refractivity contribution < 1.29 is 13.5 Å². The van der Waals surface area contributed by atoms with E-state index in [4.69, 9.17) is 0 Å². The van der Waals surface area contributed by atoms with Gasteiger partial charge in [-0.05, 0) is 50.3 Å². The molecule has 0 saturated carbocycles. The summed E-state index contributed by atoms with van der Waals surface area (Å²) in [7, 11) is -3.64. The summed E-state index contributed by atoms with van der Waals surface area (Å²) in [4.78, 5) is 2.57. The Kier molecular flexibility index (Phi) is 6.88. The summed E-state index contributed by atoms with van der Waals surface area (Å²) in [5, 5.41) is 9.57. The molecule has 2 aromatic rings. The zero-order valence-electron chi connectivity index (χ0n) is 16.6. The third kappa shape index (κ3) is 5.20. The molecule has 2 aromatic carbocycles. The number of hydrogen-bond acceptors (Lipinski definition) is 4. The van der Waals surface area contributed by atoms with Crippen molar-refractivity contribution in [3.05, 3.63) is 65.7 Å². The van der Waals surface area contributed by atoms with Gasteiger partial charge >= 0.3 is 0 Å². The summed E-state index contributed by atoms with van der Waals surface area (Å²) in [6.07, 6.45) is 2.02. The number of nitrogens with zero attached hydrogens (tertiary/aromatic N) is 1. The molecule has 152 valence electrons. The Morgan fingerprint density at radius 2 is 1.79 bits per heavy atom. The maximum Gasteiger partial charge on any atom is 0.241 e. The zero-order valence-corrected chi connectivity index (χ0v) is 17.4. The van der Waals surface area contributed by atoms with Gasteiger partial charge in [-0.15, -0.1) is 0 Å². The fourth-order valence-electron chi connectivity index (χ4n) is 3.77. The predicted octanol–water partition coefficient (Wildman–Crippen LogP) is 3.11. The van der Waals surface area contributed by atoms with Crippen LogP contribution in [0.4, 0.5) is 0 Å². The molecule has 1 aliphatic heterocycles. The highest BCUT2D eigenvalue weighted by molar-refractivity contribution is 7.89. The molecule has 0 spiro atoms. The number of sulfonamides is 1. The van der Waals surface area contributed by atoms with Crippen LogP contribution in [0.25, 0.3) is 0 Å². The SMILES string of the molecule is Cc1ccc(S(=O)(=O)N[C@H](CN2C[C@@H](CO)CC[C@H]2C)c2ccccc2)cc1. The average Bonchev–Trinajstić information content (AvgIpc) is 2.70. The summed E-state index contributed by atoms with van der Waals surface area (Å²) in [5.41, 5.74) is 1.97. The fourth-order valence-corrected chi connectivity index (χ4v) is 4.98. The lowest BCUT2D eigenvalue weighted by molar-refractivity contribution is 0.0767. The maximum atomic E-state index is 13.0. The molecular weight excluding hydrogens is 372 g/mol. The molecular formula is C22H30N2O3S. The molecule has 0 unspecified atom stereocenters. The van der Waals surface area contributed by atoms with Crippen LogP contribution in [0.3, 0.4) is 0 Å². The largest absolute Gasteiger partial charge is 0.396 e. The van der Waals surface area contributed by atoms with E-state index in [0.717, 1.165) is 30.5 Å². The second kappa shape index (κ2) is 9.18. The van der Waals surface area contributed by atoms with E-state index in [9.17, 15) is 13.5 Å². The van der Waals surface area contributed by atoms with Gasteiger partial charge in [0.25, 0.3) is 0 Å². The van der Waals surface area contributed by atoms with Crippen LogP contribution in [0, 0.1) is 12.8 Å². The van der Waals surface area contributed by atoms with E-state index in [-0.39, 0.29) is 23.5 Å². The Hall–Kier alpha value is -1.73. The first-order valence-electron chi connectivity index (χ1n) is 9.88. The molecule has 1 fully saturated rings. The monoisotopic (exact) mass is 402 g/mol. The number of aliphatic hydroxyl groups is 1. The summed E-state index contributed by atoms with van der Waals surface area (Å²) < 4.78 is 28.9. The Balaban J connectivity index is 1.84. The fraction of sp³-hybridized carbons (Fsp3) is 0.455. The smallest absolute Gasteiger partial charge is 0.241 e. The number of aliphatic hydroxyl groups excluding tert-OH is 1. The second-order valence-electron chi connectivity index (χ2n) is 7.83. The van der Waals surface area contributed by atoms with Crippen LogP contribution >= 0.6 is 0 Å². The van der Waals surface area contributed by atoms with Crippen LogP contribution in [-0.4, -0.2) is 44.2 Å². The Morgan fingerprint density at radius 3 is 2.43 bits per heavy atom. The molecule has 1 saturated heterocycles. The van der Waals surface area contributed by atoms with Gasteiger partial charge < -0.3 is 5.11 Å². The number of rotatable bonds is 7. The lowest BCUT2D eigenvalue weighted by Crippen LogP contribution is -2.47. The average molecular weight is 403 g/mol. The molecule has 3 atom stereocenters. The molecule has 3 rings (SSSR count). The van der Waals surface area contributed by atoms with Crippen molar-refractivity contribution in [2.45, 2.75) is 43.7 Å². The predicted molar refractivity (Wildman–Crippen MR) is 112 cm³/mol. The minimum Gasteiger partial charge on any atom is -0.396 e. The molecule has 0 aromatic heterocycles. The van der Waals surface area contributed by atoms with Crippen LogP contribution < -0.4 is 4.72 Å². The Labute approximate surface area is 168 Å². The quantitative estimate of drug-likeness (QED) is 0.747. The maximum absolute atomic E-state index is 13.0. The van der Waals surface area contributed by atoms with Gasteiger partial charge in [-0.25, -0.2) is 13.1 Å². The van der Waals surface area contributed by atoms with Crippen molar-refractivity contribution in [3.63, 3.8) is 0 Å². The molecule has 5 nitrogen and oxygen atoms in total. The number of hydrogen-bond donors (Lipinski definition) is 2. The lowest BCUT2D eigenvalue weighted by atomic mass is 9.93. The van der Waals surface area contributed by atoms with Gasteiger partial charge in [-0.3, -0.25) is 4.90 Å². The minimum atomic E-state index is -3.64. The van der Waals surface area contributed by atoms with E-state index in [1.807, 2.05) is 49.4 Å². The summed E-state index contributed by atoms with van der Waals surface area (Å²) in [6.45, 7) is 5.64. The van der Waals surface area contributed by atoms with E-state index in [2.05, 4.69) is 16.5 Å². The van der Waals surface area contributed by atoms with Crippen molar-refractivity contribution in [2.75, 3.05) is 19.7 Å². The van der Waals surface area contributed by atoms with Gasteiger partial charge in [0.15, 0.2) is 0 Å². The first kappa shape index (κ1) is 21.0. The van der Waals surface area contributed by atoms with Crippen molar-refractivity contribution in [2.24, 2.45) is 5.92 Å². The molecule has 0 amide bonds. The highest BCUT2D eigenvalue weighted by atomic mass is 32.2. The van der Waals surface area contributed by atoms with Gasteiger partial charge in [-0.2, -0.15) is 0 Å². The third-order valence-electron chi connectivity index (χ3n) is 5.61. The second-order valence-corrected chi connectivity index (χ2v) is 9.54. The van der Waals surface area contributed by atoms with Gasteiger partial charge in [0, 0.05) is 25.7 Å². The van der Waals surface area contributed by atoms with Gasteiger partial charge in [0.1, 0.15) is 0 Å². The van der Waals surface area contributed by atoms with Crippen LogP contribution in [-0.2, 0) is 10.0 Å². The molecule has 6 heteroatoms. The molecule has 0 radical (unpaired) electrons. The van der Waals surface area contributed by atoms with Crippen LogP contribution in [0.5, 0.6) is 0 Å². The number of benzene rings is 2. The first-order valence-corrected chi connectivity index (χ1v) is 11.4. The molecule has 28 heavy (non-hydrogen) atoms. The number of nitrogens with one attached hydrogen (secondary N) is 1. The lowest BCUT2D eigenvalue weighted by Gasteiger charge is -2.39. The number of aryl methyl sites for hydroxylation is 1. The number of piperidine rings is 1. The molecule has 0 aliphatic carbocycles. The van der Waals surface area contributed by atoms with Crippen LogP contribution in [0.15, 0.2) is 59.5 Å². The van der Waals surface area contributed by atoms with E-state index < -0.39 is 10.0 Å². The van der Waals surface area contributed by atoms with E-state index in [1.165, 1.54) is 0 Å². The van der Waals surface area contributed by atoms with E-state index >= 15 is 0 Å². The number of likely N-dealkylation sites (tertiary alicyclic amines) is 1. The minimum absolute atomic E-state index is 0.175. The van der Waals surface area contributed by atoms with Crippen molar-refractivity contribution in [3.8, 4) is 0 Å². The van der Waals surface area contributed by atoms with E-state index in [1.54, 1.807) is 12.1 Å². The highest BCUT2D eigenvalue weighted by Gasteiger charge is 2.29. The van der Waals surface area contributed by atoms with Crippen LogP contribution in [0.2, 0.25) is 0 Å². The molecule has 2 N–H and O–H groups in total. The van der Waals surface area contributed by atoms with E-state index in [0.29, 0.717) is 12.6 Å². The molecule has 1 heterocycles. The standard InChI is InChI=1S/C22H30N2O3S/c1-17-8-12-21(13-9-17)28(26,27)23-22(20-6-4-3-5-7-20)15-24-14-19(16-25)11-10-18(24)2/h3-9,12-13,18-19,22-23,25H,10-11,14-16H2,1-2H3/t18-,19+,22-/m1/s1. The van der Waals surface area contributed by atoms with Gasteiger partial charge in [0.05, 0.1) is 10.9 Å². The molecule has 1 aliphatic rings. The van der Waals surface area contributed by atoms with Crippen molar-refractivity contribution >= 4 is 10.0 Å². The van der Waals surface area contributed by atoms with Gasteiger partial charge in [-0.1, -0.05) is 48.0 Å². The van der Waals surface area contributed by atoms with Crippen LogP contribution in [0.1, 0.15) is 36.9 Å².